The average Bonchev–Trinajstić information content (AvgIpc) is 2.64. The summed E-state index contributed by atoms with van der Waals surface area (Å²) in [5.41, 5.74) is 1.36. The summed E-state index contributed by atoms with van der Waals surface area (Å²) in [6.45, 7) is 0. The largest absolute Gasteiger partial charge is 0.478 e. The van der Waals surface area contributed by atoms with Crippen molar-refractivity contribution in [1.82, 2.24) is 0 Å². The minimum atomic E-state index is -1.18. The molecule has 3 aromatic carbocycles. The Labute approximate surface area is 149 Å². The second-order valence-electron chi connectivity index (χ2n) is 5.38. The van der Waals surface area contributed by atoms with Gasteiger partial charge in [0.05, 0.1) is 28.2 Å². The standard InChI is InChI=1S/C20H14N2O4/c23-19(24)15-12-18(22-14-9-5-2-6-10-14)16(20(25)26)11-17(15)21-13-7-3-1-4-8-13/h1-5,7-9,11-12,21-22H,(H,23,24)(H,25,26). The molecule has 4 N–H and O–H groups in total. The van der Waals surface area contributed by atoms with Crippen LogP contribution in [0.4, 0.5) is 22.7 Å². The number of rotatable bonds is 6. The molecule has 0 saturated heterocycles. The summed E-state index contributed by atoms with van der Waals surface area (Å²) in [4.78, 5) is 23.3. The second-order valence-corrected chi connectivity index (χ2v) is 5.38. The summed E-state index contributed by atoms with van der Waals surface area (Å²) in [6, 6.07) is 22.1. The second kappa shape index (κ2) is 7.28. The van der Waals surface area contributed by atoms with Crippen LogP contribution in [0.1, 0.15) is 20.7 Å². The van der Waals surface area contributed by atoms with Gasteiger partial charge in [-0.3, -0.25) is 0 Å². The molecule has 0 heterocycles. The van der Waals surface area contributed by atoms with Gasteiger partial charge in [-0.2, -0.15) is 0 Å². The van der Waals surface area contributed by atoms with Crippen LogP contribution in [0.3, 0.4) is 0 Å². The van der Waals surface area contributed by atoms with Gasteiger partial charge in [0, 0.05) is 5.69 Å². The molecule has 0 aliphatic carbocycles. The highest BCUT2D eigenvalue weighted by molar-refractivity contribution is 6.03. The van der Waals surface area contributed by atoms with Crippen LogP contribution in [0.15, 0.2) is 60.7 Å². The molecule has 0 spiro atoms. The highest BCUT2D eigenvalue weighted by Gasteiger charge is 2.19. The summed E-state index contributed by atoms with van der Waals surface area (Å²) in [5.74, 6) is -2.35. The lowest BCUT2D eigenvalue weighted by Gasteiger charge is -2.15. The van der Waals surface area contributed by atoms with Crippen molar-refractivity contribution in [3.05, 3.63) is 83.9 Å². The molecular formula is C20H14N2O4. The van der Waals surface area contributed by atoms with Crippen molar-refractivity contribution in [3.8, 4) is 0 Å². The number of hydrogen-bond donors (Lipinski definition) is 4. The third-order valence-electron chi connectivity index (χ3n) is 3.59. The van der Waals surface area contributed by atoms with Gasteiger partial charge in [0.2, 0.25) is 0 Å². The molecule has 0 amide bonds. The van der Waals surface area contributed by atoms with E-state index in [9.17, 15) is 19.8 Å². The van der Waals surface area contributed by atoms with Crippen molar-refractivity contribution in [2.24, 2.45) is 0 Å². The predicted molar refractivity (Wildman–Crippen MR) is 97.5 cm³/mol. The topological polar surface area (TPSA) is 98.7 Å². The minimum absolute atomic E-state index is 0.0544. The highest BCUT2D eigenvalue weighted by atomic mass is 16.4. The van der Waals surface area contributed by atoms with Crippen molar-refractivity contribution in [2.75, 3.05) is 10.6 Å². The summed E-state index contributed by atoms with van der Waals surface area (Å²) in [7, 11) is 0. The first-order chi connectivity index (χ1) is 12.5. The van der Waals surface area contributed by atoms with Crippen LogP contribution in [0.5, 0.6) is 0 Å². The molecule has 6 nitrogen and oxygen atoms in total. The third kappa shape index (κ3) is 3.74. The van der Waals surface area contributed by atoms with Crippen LogP contribution in [-0.4, -0.2) is 22.2 Å². The average molecular weight is 346 g/mol. The van der Waals surface area contributed by atoms with Crippen molar-refractivity contribution in [1.29, 1.82) is 0 Å². The van der Waals surface area contributed by atoms with Gasteiger partial charge in [0.15, 0.2) is 0 Å². The van der Waals surface area contributed by atoms with E-state index in [1.54, 1.807) is 42.5 Å². The Kier molecular flexibility index (Phi) is 4.72. The molecule has 0 bridgehead atoms. The van der Waals surface area contributed by atoms with Gasteiger partial charge in [-0.1, -0.05) is 30.3 Å². The Morgan fingerprint density at radius 1 is 0.808 bits per heavy atom. The molecule has 0 aromatic heterocycles. The van der Waals surface area contributed by atoms with E-state index in [-0.39, 0.29) is 22.5 Å². The summed E-state index contributed by atoms with van der Waals surface area (Å²) >= 11 is 0. The van der Waals surface area contributed by atoms with Gasteiger partial charge in [0.1, 0.15) is 0 Å². The van der Waals surface area contributed by atoms with E-state index in [1.807, 2.05) is 6.07 Å². The first-order valence-corrected chi connectivity index (χ1v) is 7.66. The Morgan fingerprint density at radius 3 is 1.96 bits per heavy atom. The number of carboxylic acids is 2. The molecule has 0 saturated carbocycles. The Balaban J connectivity index is 2.06. The number of benzene rings is 2. The van der Waals surface area contributed by atoms with Crippen molar-refractivity contribution in [2.45, 2.75) is 0 Å². The predicted octanol–water partition coefficient (Wildman–Crippen LogP) is 4.17. The van der Waals surface area contributed by atoms with E-state index in [4.69, 9.17) is 0 Å². The number of carboxylic acid groups (broad SMARTS) is 2. The zero-order valence-corrected chi connectivity index (χ0v) is 13.5. The number of carbonyl (C=O) groups is 2. The summed E-state index contributed by atoms with van der Waals surface area (Å²) < 4.78 is 0. The SMILES string of the molecule is O=C(O)c1cc(Nc2ccccc2)c(C(=O)O)cc1Nc1c#cccc1. The van der Waals surface area contributed by atoms with E-state index in [1.165, 1.54) is 12.1 Å². The molecule has 0 unspecified atom stereocenters. The van der Waals surface area contributed by atoms with E-state index < -0.39 is 11.9 Å². The van der Waals surface area contributed by atoms with Crippen LogP contribution < -0.4 is 10.6 Å². The van der Waals surface area contributed by atoms with Crippen molar-refractivity contribution < 1.29 is 19.8 Å². The van der Waals surface area contributed by atoms with Crippen LogP contribution in [-0.2, 0) is 0 Å². The number of hydrogen-bond acceptors (Lipinski definition) is 4. The molecule has 128 valence electrons. The molecule has 0 aliphatic heterocycles. The number of para-hydroxylation sites is 1. The fourth-order valence-electron chi connectivity index (χ4n) is 2.41. The van der Waals surface area contributed by atoms with Crippen LogP contribution in [0, 0.1) is 12.1 Å². The zero-order chi connectivity index (χ0) is 18.5. The zero-order valence-electron chi connectivity index (χ0n) is 13.5. The lowest BCUT2D eigenvalue weighted by Crippen LogP contribution is -2.09. The third-order valence-corrected chi connectivity index (χ3v) is 3.59. The molecular weight excluding hydrogens is 332 g/mol. The van der Waals surface area contributed by atoms with Gasteiger partial charge >= 0.3 is 11.9 Å². The summed E-state index contributed by atoms with van der Waals surface area (Å²) in [5, 5.41) is 24.9. The maximum Gasteiger partial charge on any atom is 0.337 e. The molecule has 0 radical (unpaired) electrons. The quantitative estimate of drug-likeness (QED) is 0.535. The number of aromatic carboxylic acids is 2. The van der Waals surface area contributed by atoms with E-state index in [0.29, 0.717) is 11.4 Å². The van der Waals surface area contributed by atoms with Gasteiger partial charge in [-0.25, -0.2) is 9.59 Å². The Bertz CT molecular complexity index is 862. The minimum Gasteiger partial charge on any atom is -0.478 e. The van der Waals surface area contributed by atoms with Crippen molar-refractivity contribution in [3.63, 3.8) is 0 Å². The smallest absolute Gasteiger partial charge is 0.337 e. The molecule has 0 atom stereocenters. The monoisotopic (exact) mass is 346 g/mol. The fourth-order valence-corrected chi connectivity index (χ4v) is 2.41. The Hall–Kier alpha value is -3.98. The van der Waals surface area contributed by atoms with Crippen LogP contribution in [0.25, 0.3) is 0 Å². The molecule has 3 rings (SSSR count). The molecule has 6 heteroatoms. The molecule has 0 aliphatic rings. The fraction of sp³-hybridized carbons (Fsp3) is 0. The molecule has 3 aromatic rings. The van der Waals surface area contributed by atoms with Crippen LogP contribution in [0.2, 0.25) is 0 Å². The Morgan fingerprint density at radius 2 is 1.42 bits per heavy atom. The first-order valence-electron chi connectivity index (χ1n) is 7.66. The van der Waals surface area contributed by atoms with Crippen molar-refractivity contribution >= 4 is 34.7 Å². The van der Waals surface area contributed by atoms with E-state index in [2.05, 4.69) is 22.8 Å². The molecule has 26 heavy (non-hydrogen) atoms. The van der Waals surface area contributed by atoms with Gasteiger partial charge in [0.25, 0.3) is 0 Å². The number of anilines is 4. The van der Waals surface area contributed by atoms with E-state index in [0.717, 1.165) is 0 Å². The normalized spacial score (nSPS) is 9.85. The van der Waals surface area contributed by atoms with Gasteiger partial charge in [-0.15, -0.1) is 0 Å². The highest BCUT2D eigenvalue weighted by Crippen LogP contribution is 2.30. The summed E-state index contributed by atoms with van der Waals surface area (Å²) in [6.07, 6.45) is 0. The van der Waals surface area contributed by atoms with E-state index >= 15 is 0 Å². The first kappa shape index (κ1) is 16.9. The maximum atomic E-state index is 11.7. The lowest BCUT2D eigenvalue weighted by molar-refractivity contribution is 0.0683. The lowest BCUT2D eigenvalue weighted by atomic mass is 10.1. The van der Waals surface area contributed by atoms with Crippen LogP contribution >= 0.6 is 0 Å². The number of nitrogens with one attached hydrogen (secondary N) is 2. The van der Waals surface area contributed by atoms with Gasteiger partial charge < -0.3 is 20.8 Å². The van der Waals surface area contributed by atoms with Gasteiger partial charge in [-0.05, 0) is 42.5 Å². The molecule has 0 fully saturated rings. The maximum absolute atomic E-state index is 11.7.